The van der Waals surface area contributed by atoms with Crippen molar-refractivity contribution in [3.05, 3.63) is 45.3 Å². The second kappa shape index (κ2) is 9.14. The van der Waals surface area contributed by atoms with Crippen LogP contribution in [0.25, 0.3) is 11.0 Å². The minimum absolute atomic E-state index is 0. The van der Waals surface area contributed by atoms with Crippen LogP contribution in [0.5, 0.6) is 0 Å². The molecule has 2 saturated heterocycles. The molecule has 0 unspecified atom stereocenters. The Hall–Kier alpha value is -1.11. The van der Waals surface area contributed by atoms with E-state index in [1.807, 2.05) is 13.0 Å². The van der Waals surface area contributed by atoms with Gasteiger partial charge in [0.1, 0.15) is 5.58 Å². The van der Waals surface area contributed by atoms with Gasteiger partial charge in [-0.05, 0) is 75.0 Å². The van der Waals surface area contributed by atoms with E-state index < -0.39 is 0 Å². The number of nitrogens with one attached hydrogen (secondary N) is 1. The number of benzene rings is 1. The van der Waals surface area contributed by atoms with Crippen LogP contribution in [0.1, 0.15) is 36.0 Å². The zero-order valence-electron chi connectivity index (χ0n) is 16.5. The minimum atomic E-state index is -0.284. The van der Waals surface area contributed by atoms with E-state index in [1.54, 1.807) is 6.07 Å². The Bertz CT molecular complexity index is 886. The molecule has 4 rings (SSSR count). The highest BCUT2D eigenvalue weighted by Gasteiger charge is 2.43. The average molecular weight is 429 g/mol. The van der Waals surface area contributed by atoms with Crippen molar-refractivity contribution in [1.29, 1.82) is 0 Å². The van der Waals surface area contributed by atoms with E-state index in [0.29, 0.717) is 11.6 Å². The molecule has 3 heterocycles. The Morgan fingerprint density at radius 1 is 1.21 bits per heavy atom. The van der Waals surface area contributed by atoms with Crippen molar-refractivity contribution in [2.45, 2.75) is 45.7 Å². The Morgan fingerprint density at radius 3 is 2.71 bits per heavy atom. The van der Waals surface area contributed by atoms with Crippen molar-refractivity contribution in [3.63, 3.8) is 0 Å². The summed E-state index contributed by atoms with van der Waals surface area (Å²) in [6.07, 6.45) is 3.24. The summed E-state index contributed by atoms with van der Waals surface area (Å²) >= 11 is 0. The number of fused-ring (bicyclic) bond motifs is 2. The van der Waals surface area contributed by atoms with Crippen LogP contribution in [-0.4, -0.2) is 42.3 Å². The molecule has 5 nitrogen and oxygen atoms in total. The molecule has 156 valence electrons. The fourth-order valence-corrected chi connectivity index (χ4v) is 4.66. The second-order valence-electron chi connectivity index (χ2n) is 8.14. The van der Waals surface area contributed by atoms with E-state index in [2.05, 4.69) is 23.2 Å². The van der Waals surface area contributed by atoms with Crippen molar-refractivity contribution in [1.82, 2.24) is 10.2 Å². The van der Waals surface area contributed by atoms with Gasteiger partial charge in [0.15, 0.2) is 0 Å². The first-order valence-corrected chi connectivity index (χ1v) is 9.61. The van der Waals surface area contributed by atoms with Crippen LogP contribution in [0, 0.1) is 19.3 Å². The van der Waals surface area contributed by atoms with Crippen LogP contribution in [0.4, 0.5) is 0 Å². The molecule has 2 fully saturated rings. The molecule has 2 aliphatic heterocycles. The van der Waals surface area contributed by atoms with Crippen molar-refractivity contribution in [3.8, 4) is 0 Å². The largest absolute Gasteiger partial charge is 0.423 e. The van der Waals surface area contributed by atoms with E-state index in [9.17, 15) is 9.90 Å². The quantitative estimate of drug-likeness (QED) is 0.734. The van der Waals surface area contributed by atoms with Crippen molar-refractivity contribution >= 4 is 35.8 Å². The molecule has 0 radical (unpaired) electrons. The summed E-state index contributed by atoms with van der Waals surface area (Å²) in [5.74, 6) is 0. The highest BCUT2D eigenvalue weighted by Crippen LogP contribution is 2.38. The number of piperidine rings is 2. The normalized spacial score (nSPS) is 24.9. The fraction of sp³-hybridized carbons (Fsp3) is 0.571. The number of likely N-dealkylation sites (tertiary alicyclic amines) is 1. The van der Waals surface area contributed by atoms with Crippen molar-refractivity contribution in [2.75, 3.05) is 26.2 Å². The van der Waals surface area contributed by atoms with Crippen LogP contribution >= 0.6 is 24.8 Å². The predicted molar refractivity (Wildman–Crippen MR) is 117 cm³/mol. The topological polar surface area (TPSA) is 65.7 Å². The van der Waals surface area contributed by atoms with Gasteiger partial charge in [0.05, 0.1) is 6.61 Å². The van der Waals surface area contributed by atoms with E-state index >= 15 is 0 Å². The predicted octanol–water partition coefficient (Wildman–Crippen LogP) is 3.19. The number of rotatable bonds is 3. The van der Waals surface area contributed by atoms with Gasteiger partial charge in [-0.1, -0.05) is 0 Å². The molecule has 0 saturated carbocycles. The summed E-state index contributed by atoms with van der Waals surface area (Å²) in [7, 11) is 0. The van der Waals surface area contributed by atoms with E-state index in [1.165, 1.54) is 5.56 Å². The lowest BCUT2D eigenvalue weighted by atomic mass is 9.70. The van der Waals surface area contributed by atoms with Crippen LogP contribution in [0.2, 0.25) is 0 Å². The van der Waals surface area contributed by atoms with Crippen LogP contribution in [-0.2, 0) is 6.54 Å². The third-order valence-electron chi connectivity index (χ3n) is 6.50. The molecule has 28 heavy (non-hydrogen) atoms. The lowest BCUT2D eigenvalue weighted by molar-refractivity contribution is -0.0149. The maximum atomic E-state index is 12.0. The first-order chi connectivity index (χ1) is 12.5. The zero-order chi connectivity index (χ0) is 18.3. The van der Waals surface area contributed by atoms with Gasteiger partial charge in [0.2, 0.25) is 0 Å². The lowest BCUT2D eigenvalue weighted by Crippen LogP contribution is -2.61. The van der Waals surface area contributed by atoms with Gasteiger partial charge in [-0.15, -0.1) is 24.8 Å². The molecule has 2 atom stereocenters. The molecule has 0 aliphatic carbocycles. The standard InChI is InChI=1S/C21H28N2O3.2ClH/c1-14-8-17-16(10-20(25)26-18(17)9-15(14)2)11-23-7-5-21(13-24)4-3-6-22-19(21)12-23;;/h8-10,19,22,24H,3-7,11-13H2,1-2H3;2*1H/t19-,21-;;/m1../s1. The summed E-state index contributed by atoms with van der Waals surface area (Å²) < 4.78 is 5.43. The molecule has 0 bridgehead atoms. The highest BCUT2D eigenvalue weighted by molar-refractivity contribution is 5.85. The number of aliphatic hydroxyl groups is 1. The summed E-state index contributed by atoms with van der Waals surface area (Å²) in [4.78, 5) is 14.4. The van der Waals surface area contributed by atoms with Crippen LogP contribution < -0.4 is 10.9 Å². The number of hydrogen-bond acceptors (Lipinski definition) is 5. The van der Waals surface area contributed by atoms with E-state index in [-0.39, 0.29) is 42.5 Å². The van der Waals surface area contributed by atoms with E-state index in [4.69, 9.17) is 4.42 Å². The lowest BCUT2D eigenvalue weighted by Gasteiger charge is -2.50. The summed E-state index contributed by atoms with van der Waals surface area (Å²) in [5, 5.41) is 14.6. The van der Waals surface area contributed by atoms with Crippen LogP contribution in [0.15, 0.2) is 27.4 Å². The maximum absolute atomic E-state index is 12.0. The van der Waals surface area contributed by atoms with Gasteiger partial charge < -0.3 is 14.8 Å². The number of hydrogen-bond donors (Lipinski definition) is 2. The third-order valence-corrected chi connectivity index (χ3v) is 6.50. The van der Waals surface area contributed by atoms with Crippen molar-refractivity contribution < 1.29 is 9.52 Å². The molecular formula is C21H30Cl2N2O3. The minimum Gasteiger partial charge on any atom is -0.423 e. The van der Waals surface area contributed by atoms with Gasteiger partial charge >= 0.3 is 5.63 Å². The average Bonchev–Trinajstić information content (AvgIpc) is 2.63. The third kappa shape index (κ3) is 4.24. The van der Waals surface area contributed by atoms with E-state index in [0.717, 1.165) is 62.0 Å². The molecule has 1 aromatic carbocycles. The molecule has 2 N–H and O–H groups in total. The summed E-state index contributed by atoms with van der Waals surface area (Å²) in [5.41, 5.74) is 3.79. The van der Waals surface area contributed by atoms with Gasteiger partial charge in [-0.3, -0.25) is 4.90 Å². The molecule has 2 aromatic rings. The highest BCUT2D eigenvalue weighted by atomic mass is 35.5. The number of aliphatic hydroxyl groups excluding tert-OH is 1. The molecule has 2 aliphatic rings. The van der Waals surface area contributed by atoms with Crippen LogP contribution in [0.3, 0.4) is 0 Å². The SMILES string of the molecule is Cc1cc2oc(=O)cc(CN3CC[C@@]4(CO)CCCN[C@@H]4C3)c2cc1C.Cl.Cl. The Balaban J connectivity index is 0.00000140. The zero-order valence-corrected chi connectivity index (χ0v) is 18.1. The monoisotopic (exact) mass is 428 g/mol. The first kappa shape index (κ1) is 23.2. The summed E-state index contributed by atoms with van der Waals surface area (Å²) in [6, 6.07) is 6.05. The Morgan fingerprint density at radius 2 is 1.96 bits per heavy atom. The molecule has 7 heteroatoms. The molecule has 1 aromatic heterocycles. The summed E-state index contributed by atoms with van der Waals surface area (Å²) in [6.45, 7) is 8.01. The Kier molecular flexibility index (Phi) is 7.56. The second-order valence-corrected chi connectivity index (χ2v) is 8.14. The molecule has 0 amide bonds. The number of nitrogens with zero attached hydrogens (tertiary/aromatic N) is 1. The number of aryl methyl sites for hydroxylation is 2. The van der Waals surface area contributed by atoms with Gasteiger partial charge in [0.25, 0.3) is 0 Å². The number of halogens is 2. The smallest absolute Gasteiger partial charge is 0.336 e. The fourth-order valence-electron chi connectivity index (χ4n) is 4.66. The molecule has 0 spiro atoms. The van der Waals surface area contributed by atoms with Crippen molar-refractivity contribution in [2.24, 2.45) is 5.41 Å². The molecular weight excluding hydrogens is 399 g/mol. The first-order valence-electron chi connectivity index (χ1n) is 9.61. The van der Waals surface area contributed by atoms with Gasteiger partial charge in [0, 0.05) is 36.0 Å². The van der Waals surface area contributed by atoms with Gasteiger partial charge in [-0.2, -0.15) is 0 Å². The maximum Gasteiger partial charge on any atom is 0.336 e. The Labute approximate surface area is 178 Å². The van der Waals surface area contributed by atoms with Gasteiger partial charge in [-0.25, -0.2) is 4.79 Å².